The van der Waals surface area contributed by atoms with Crippen LogP contribution in [0, 0.1) is 0 Å². The van der Waals surface area contributed by atoms with E-state index >= 15 is 0 Å². The zero-order valence-corrected chi connectivity index (χ0v) is 46.7. The van der Waals surface area contributed by atoms with Gasteiger partial charge in [-0.2, -0.15) is 0 Å². The Morgan fingerprint density at radius 2 is 0.549 bits per heavy atom. The average Bonchev–Trinajstić information content (AvgIpc) is 3.37. The van der Waals surface area contributed by atoms with Crippen molar-refractivity contribution in [2.75, 3.05) is 13.2 Å². The topological polar surface area (TPSA) is 78.9 Å². The molecule has 0 aliphatic carbocycles. The predicted octanol–water partition coefficient (Wildman–Crippen LogP) is 20.3. The second-order valence-electron chi connectivity index (χ2n) is 19.9. The normalized spacial score (nSPS) is 12.7. The number of esters is 3. The molecule has 0 spiro atoms. The molecule has 71 heavy (non-hydrogen) atoms. The highest BCUT2D eigenvalue weighted by Crippen LogP contribution is 2.16. The van der Waals surface area contributed by atoms with Gasteiger partial charge in [0.1, 0.15) is 13.2 Å². The Labute approximate surface area is 439 Å². The van der Waals surface area contributed by atoms with E-state index in [-0.39, 0.29) is 31.1 Å². The fraction of sp³-hybridized carbons (Fsp3) is 0.738. The van der Waals surface area contributed by atoms with E-state index in [9.17, 15) is 14.4 Å². The van der Waals surface area contributed by atoms with Gasteiger partial charge in [0.05, 0.1) is 0 Å². The lowest BCUT2D eigenvalue weighted by atomic mass is 10.0. The van der Waals surface area contributed by atoms with Crippen LogP contribution < -0.4 is 0 Å². The minimum absolute atomic E-state index is 0.0760. The van der Waals surface area contributed by atoms with Crippen LogP contribution in [0.5, 0.6) is 0 Å². The first-order chi connectivity index (χ1) is 35.0. The molecule has 0 aliphatic rings. The van der Waals surface area contributed by atoms with Crippen LogP contribution in [-0.4, -0.2) is 37.2 Å². The Balaban J connectivity index is 4.22. The van der Waals surface area contributed by atoms with Crippen molar-refractivity contribution in [1.29, 1.82) is 0 Å². The van der Waals surface area contributed by atoms with Crippen LogP contribution in [0.15, 0.2) is 85.1 Å². The van der Waals surface area contributed by atoms with Crippen molar-refractivity contribution in [2.24, 2.45) is 0 Å². The maximum Gasteiger partial charge on any atom is 0.306 e. The third-order valence-corrected chi connectivity index (χ3v) is 12.9. The second-order valence-corrected chi connectivity index (χ2v) is 19.9. The number of carbonyl (C=O) groups is 3. The SMILES string of the molecule is CC/C=C\C/C=C\C/C=C\C/C=C\C/C=C\C/C=C\C/C=C\CCCCCCCCCC(=O)OCC(COC(=O)CCCCCCCCCCC)OC(=O)CCCCCCCCCCCCCCCCC. The second kappa shape index (κ2) is 59.2. The number of allylic oxidation sites excluding steroid dienone is 14. The lowest BCUT2D eigenvalue weighted by Crippen LogP contribution is -2.30. The third kappa shape index (κ3) is 57.4. The summed E-state index contributed by atoms with van der Waals surface area (Å²) in [7, 11) is 0. The number of carbonyl (C=O) groups excluding carboxylic acids is 3. The van der Waals surface area contributed by atoms with Crippen LogP contribution >= 0.6 is 0 Å². The minimum atomic E-state index is -0.777. The van der Waals surface area contributed by atoms with Crippen molar-refractivity contribution in [1.82, 2.24) is 0 Å². The highest BCUT2D eigenvalue weighted by Gasteiger charge is 2.19. The fourth-order valence-electron chi connectivity index (χ4n) is 8.42. The van der Waals surface area contributed by atoms with Gasteiger partial charge in [-0.1, -0.05) is 279 Å². The molecular weight excluding hydrogens is 877 g/mol. The molecule has 0 aliphatic heterocycles. The molecule has 6 heteroatoms. The molecule has 0 saturated heterocycles. The lowest BCUT2D eigenvalue weighted by molar-refractivity contribution is -0.167. The summed E-state index contributed by atoms with van der Waals surface area (Å²) in [6.45, 7) is 6.52. The standard InChI is InChI=1S/C65H112O6/c1-4-7-10-13-16-19-21-23-25-26-27-28-29-30-31-32-33-34-35-36-37-38-40-41-43-46-49-52-55-58-64(67)70-61-62(60-69-63(66)57-54-51-48-45-18-15-12-9-6-3)71-65(68)59-56-53-50-47-44-42-39-24-22-20-17-14-11-8-5-2/h7,10,16,19,23,25,27-28,30-31,33-34,36-37,62H,4-6,8-9,11-15,17-18,20-22,24,26,29,32,35,38-61H2,1-3H3/b10-7-,19-16-,25-23-,28-27-,31-30-,34-33-,37-36-. The van der Waals surface area contributed by atoms with Crippen molar-refractivity contribution < 1.29 is 28.6 Å². The lowest BCUT2D eigenvalue weighted by Gasteiger charge is -2.18. The van der Waals surface area contributed by atoms with E-state index in [1.165, 1.54) is 141 Å². The van der Waals surface area contributed by atoms with Crippen LogP contribution in [0.1, 0.15) is 290 Å². The van der Waals surface area contributed by atoms with E-state index in [0.717, 1.165) is 109 Å². The molecule has 1 atom stereocenters. The summed E-state index contributed by atoms with van der Waals surface area (Å²) >= 11 is 0. The summed E-state index contributed by atoms with van der Waals surface area (Å²) in [4.78, 5) is 38.1. The molecule has 0 radical (unpaired) electrons. The number of ether oxygens (including phenoxy) is 3. The largest absolute Gasteiger partial charge is 0.462 e. The van der Waals surface area contributed by atoms with Crippen LogP contribution in [0.3, 0.4) is 0 Å². The fourth-order valence-corrected chi connectivity index (χ4v) is 8.42. The molecule has 0 saturated carbocycles. The van der Waals surface area contributed by atoms with Gasteiger partial charge >= 0.3 is 17.9 Å². The van der Waals surface area contributed by atoms with Gasteiger partial charge in [-0.05, 0) is 77.0 Å². The molecule has 1 unspecified atom stereocenters. The van der Waals surface area contributed by atoms with Crippen LogP contribution in [-0.2, 0) is 28.6 Å². The minimum Gasteiger partial charge on any atom is -0.462 e. The molecular formula is C65H112O6. The highest BCUT2D eigenvalue weighted by atomic mass is 16.6. The van der Waals surface area contributed by atoms with Crippen molar-refractivity contribution in [3.05, 3.63) is 85.1 Å². The van der Waals surface area contributed by atoms with Gasteiger partial charge in [-0.25, -0.2) is 0 Å². The Morgan fingerprint density at radius 3 is 0.859 bits per heavy atom. The first kappa shape index (κ1) is 67.6. The van der Waals surface area contributed by atoms with Crippen LogP contribution in [0.4, 0.5) is 0 Å². The van der Waals surface area contributed by atoms with E-state index in [2.05, 4.69) is 106 Å². The van der Waals surface area contributed by atoms with E-state index in [0.29, 0.717) is 19.3 Å². The smallest absolute Gasteiger partial charge is 0.306 e. The first-order valence-electron chi connectivity index (χ1n) is 30.1. The predicted molar refractivity (Wildman–Crippen MR) is 307 cm³/mol. The molecule has 0 heterocycles. The average molecular weight is 990 g/mol. The van der Waals surface area contributed by atoms with Crippen molar-refractivity contribution >= 4 is 17.9 Å². The van der Waals surface area contributed by atoms with E-state index in [1.54, 1.807) is 0 Å². The molecule has 408 valence electrons. The van der Waals surface area contributed by atoms with E-state index in [4.69, 9.17) is 14.2 Å². The summed E-state index contributed by atoms with van der Waals surface area (Å²) in [5.74, 6) is -0.881. The Morgan fingerprint density at radius 1 is 0.296 bits per heavy atom. The maximum absolute atomic E-state index is 12.8. The quantitative estimate of drug-likeness (QED) is 0.0261. The molecule has 0 N–H and O–H groups in total. The summed E-state index contributed by atoms with van der Waals surface area (Å²) in [5.41, 5.74) is 0. The molecule has 0 aromatic rings. The monoisotopic (exact) mass is 989 g/mol. The summed E-state index contributed by atoms with van der Waals surface area (Å²) in [6.07, 6.45) is 77.3. The van der Waals surface area contributed by atoms with Gasteiger partial charge in [0.15, 0.2) is 6.10 Å². The van der Waals surface area contributed by atoms with Gasteiger partial charge in [0, 0.05) is 19.3 Å². The zero-order valence-electron chi connectivity index (χ0n) is 46.7. The summed E-state index contributed by atoms with van der Waals surface area (Å²) < 4.78 is 16.8. The molecule has 6 nitrogen and oxygen atoms in total. The van der Waals surface area contributed by atoms with Gasteiger partial charge in [-0.15, -0.1) is 0 Å². The Bertz CT molecular complexity index is 1370. The third-order valence-electron chi connectivity index (χ3n) is 12.9. The first-order valence-corrected chi connectivity index (χ1v) is 30.1. The summed E-state index contributed by atoms with van der Waals surface area (Å²) in [6, 6.07) is 0. The van der Waals surface area contributed by atoms with Gasteiger partial charge in [0.25, 0.3) is 0 Å². The number of unbranched alkanes of at least 4 members (excludes halogenated alkanes) is 29. The Kier molecular flexibility index (Phi) is 56.3. The Hall–Kier alpha value is -3.41. The number of hydrogen-bond donors (Lipinski definition) is 0. The summed E-state index contributed by atoms with van der Waals surface area (Å²) in [5, 5.41) is 0. The van der Waals surface area contributed by atoms with Gasteiger partial charge < -0.3 is 14.2 Å². The highest BCUT2D eigenvalue weighted by molar-refractivity contribution is 5.71. The molecule has 0 aromatic carbocycles. The molecule has 0 fully saturated rings. The van der Waals surface area contributed by atoms with Crippen LogP contribution in [0.25, 0.3) is 0 Å². The maximum atomic E-state index is 12.8. The van der Waals surface area contributed by atoms with Crippen LogP contribution in [0.2, 0.25) is 0 Å². The molecule has 0 amide bonds. The molecule has 0 bridgehead atoms. The number of hydrogen-bond acceptors (Lipinski definition) is 6. The zero-order chi connectivity index (χ0) is 51.4. The molecule has 0 rings (SSSR count). The molecule has 0 aromatic heterocycles. The van der Waals surface area contributed by atoms with Gasteiger partial charge in [0.2, 0.25) is 0 Å². The van der Waals surface area contributed by atoms with Crippen molar-refractivity contribution in [2.45, 2.75) is 297 Å². The van der Waals surface area contributed by atoms with Crippen molar-refractivity contribution in [3.63, 3.8) is 0 Å². The van der Waals surface area contributed by atoms with E-state index < -0.39 is 6.10 Å². The van der Waals surface area contributed by atoms with Gasteiger partial charge in [-0.3, -0.25) is 14.4 Å². The van der Waals surface area contributed by atoms with E-state index in [1.807, 2.05) is 0 Å². The van der Waals surface area contributed by atoms with Crippen molar-refractivity contribution in [3.8, 4) is 0 Å². The number of rotatable bonds is 54.